The van der Waals surface area contributed by atoms with Crippen molar-refractivity contribution >= 4 is 11.6 Å². The number of rotatable bonds is 3. The van der Waals surface area contributed by atoms with Crippen LogP contribution in [0.5, 0.6) is 5.88 Å². The predicted octanol–water partition coefficient (Wildman–Crippen LogP) is 1.80. The summed E-state index contributed by atoms with van der Waals surface area (Å²) in [6.07, 6.45) is 0. The first kappa shape index (κ1) is 12.2. The number of aromatic nitrogens is 2. The van der Waals surface area contributed by atoms with Crippen molar-refractivity contribution in [2.75, 3.05) is 13.2 Å². The molecule has 0 aliphatic heterocycles. The third-order valence-electron chi connectivity index (χ3n) is 1.68. The molecule has 0 aliphatic carbocycles. The fourth-order valence-electron chi connectivity index (χ4n) is 0.957. The minimum Gasteiger partial charge on any atom is -0.475 e. The molecular formula is C10H15ClN2O2. The summed E-state index contributed by atoms with van der Waals surface area (Å²) >= 11 is 5.84. The van der Waals surface area contributed by atoms with Gasteiger partial charge in [0.15, 0.2) is 0 Å². The number of aliphatic hydroxyl groups excluding tert-OH is 1. The molecule has 4 nitrogen and oxygen atoms in total. The Morgan fingerprint density at radius 2 is 2.07 bits per heavy atom. The molecule has 0 amide bonds. The SMILES string of the molecule is CC(C)(C)c1nc(Cl)cc(OCCO)n1. The summed E-state index contributed by atoms with van der Waals surface area (Å²) in [6, 6.07) is 1.53. The molecule has 5 heteroatoms. The van der Waals surface area contributed by atoms with Gasteiger partial charge < -0.3 is 9.84 Å². The first-order valence-corrected chi connectivity index (χ1v) is 5.10. The average molecular weight is 231 g/mol. The zero-order chi connectivity index (χ0) is 11.5. The van der Waals surface area contributed by atoms with Gasteiger partial charge in [-0.2, -0.15) is 4.98 Å². The van der Waals surface area contributed by atoms with E-state index in [1.54, 1.807) is 0 Å². The van der Waals surface area contributed by atoms with Gasteiger partial charge in [0, 0.05) is 11.5 Å². The zero-order valence-corrected chi connectivity index (χ0v) is 9.88. The van der Waals surface area contributed by atoms with Crippen LogP contribution in [0.1, 0.15) is 26.6 Å². The molecule has 0 radical (unpaired) electrons. The molecule has 0 aliphatic rings. The minimum absolute atomic E-state index is 0.0491. The molecule has 0 aromatic carbocycles. The Kier molecular flexibility index (Phi) is 3.88. The third kappa shape index (κ3) is 3.64. The number of hydrogen-bond donors (Lipinski definition) is 1. The van der Waals surface area contributed by atoms with Gasteiger partial charge in [-0.15, -0.1) is 0 Å². The quantitative estimate of drug-likeness (QED) is 0.805. The lowest BCUT2D eigenvalue weighted by atomic mass is 9.96. The van der Waals surface area contributed by atoms with Crippen molar-refractivity contribution in [3.05, 3.63) is 17.0 Å². The highest BCUT2D eigenvalue weighted by Crippen LogP contribution is 2.22. The Labute approximate surface area is 94.3 Å². The lowest BCUT2D eigenvalue weighted by Crippen LogP contribution is -2.17. The molecule has 1 rings (SSSR count). The second kappa shape index (κ2) is 4.77. The van der Waals surface area contributed by atoms with Crippen LogP contribution in [0.3, 0.4) is 0 Å². The summed E-state index contributed by atoms with van der Waals surface area (Å²) in [4.78, 5) is 8.34. The van der Waals surface area contributed by atoms with Crippen LogP contribution in [0.4, 0.5) is 0 Å². The molecular weight excluding hydrogens is 216 g/mol. The molecule has 0 fully saturated rings. The average Bonchev–Trinajstić information content (AvgIpc) is 2.12. The van der Waals surface area contributed by atoms with Crippen LogP contribution in [0, 0.1) is 0 Å². The molecule has 1 aromatic rings. The molecule has 0 saturated heterocycles. The molecule has 0 bridgehead atoms. The third-order valence-corrected chi connectivity index (χ3v) is 1.88. The van der Waals surface area contributed by atoms with Crippen LogP contribution in [0.25, 0.3) is 0 Å². The summed E-state index contributed by atoms with van der Waals surface area (Å²) in [5, 5.41) is 8.97. The Balaban J connectivity index is 2.95. The maximum Gasteiger partial charge on any atom is 0.218 e. The summed E-state index contributed by atoms with van der Waals surface area (Å²) in [7, 11) is 0. The lowest BCUT2D eigenvalue weighted by Gasteiger charge is -2.17. The van der Waals surface area contributed by atoms with Gasteiger partial charge in [0.05, 0.1) is 6.61 Å². The van der Waals surface area contributed by atoms with Crippen molar-refractivity contribution in [3.8, 4) is 5.88 Å². The molecule has 0 saturated carbocycles. The van der Waals surface area contributed by atoms with E-state index in [9.17, 15) is 0 Å². The van der Waals surface area contributed by atoms with E-state index in [2.05, 4.69) is 9.97 Å². The lowest BCUT2D eigenvalue weighted by molar-refractivity contribution is 0.195. The van der Waals surface area contributed by atoms with Crippen LogP contribution in [-0.4, -0.2) is 28.3 Å². The molecule has 1 N–H and O–H groups in total. The van der Waals surface area contributed by atoms with Crippen LogP contribution in [-0.2, 0) is 5.41 Å². The van der Waals surface area contributed by atoms with Gasteiger partial charge in [0.2, 0.25) is 5.88 Å². The van der Waals surface area contributed by atoms with Crippen LogP contribution < -0.4 is 4.74 Å². The van der Waals surface area contributed by atoms with Crippen molar-refractivity contribution in [1.29, 1.82) is 0 Å². The molecule has 15 heavy (non-hydrogen) atoms. The first-order valence-electron chi connectivity index (χ1n) is 4.72. The second-order valence-electron chi connectivity index (χ2n) is 4.17. The van der Waals surface area contributed by atoms with Crippen molar-refractivity contribution in [2.45, 2.75) is 26.2 Å². The van der Waals surface area contributed by atoms with Gasteiger partial charge in [0.25, 0.3) is 0 Å². The second-order valence-corrected chi connectivity index (χ2v) is 4.56. The van der Waals surface area contributed by atoms with E-state index in [4.69, 9.17) is 21.4 Å². The van der Waals surface area contributed by atoms with E-state index in [0.29, 0.717) is 16.9 Å². The number of hydrogen-bond acceptors (Lipinski definition) is 4. The topological polar surface area (TPSA) is 55.2 Å². The van der Waals surface area contributed by atoms with Gasteiger partial charge in [-0.05, 0) is 0 Å². The highest BCUT2D eigenvalue weighted by molar-refractivity contribution is 6.29. The summed E-state index contributed by atoms with van der Waals surface area (Å²) in [6.45, 7) is 6.14. The maximum atomic E-state index is 8.62. The van der Waals surface area contributed by atoms with Crippen molar-refractivity contribution in [1.82, 2.24) is 9.97 Å². The highest BCUT2D eigenvalue weighted by Gasteiger charge is 2.19. The Bertz CT molecular complexity index is 337. The Hall–Kier alpha value is -0.870. The monoisotopic (exact) mass is 230 g/mol. The maximum absolute atomic E-state index is 8.62. The van der Waals surface area contributed by atoms with E-state index in [1.807, 2.05) is 20.8 Å². The zero-order valence-electron chi connectivity index (χ0n) is 9.12. The number of aliphatic hydroxyl groups is 1. The van der Waals surface area contributed by atoms with Crippen molar-refractivity contribution < 1.29 is 9.84 Å². The van der Waals surface area contributed by atoms with Crippen LogP contribution >= 0.6 is 11.6 Å². The molecule has 1 aromatic heterocycles. The highest BCUT2D eigenvalue weighted by atomic mass is 35.5. The molecule has 84 valence electrons. The number of nitrogens with zero attached hydrogens (tertiary/aromatic N) is 2. The van der Waals surface area contributed by atoms with E-state index in [0.717, 1.165) is 0 Å². The minimum atomic E-state index is -0.178. The van der Waals surface area contributed by atoms with Crippen LogP contribution in [0.15, 0.2) is 6.07 Å². The Morgan fingerprint density at radius 1 is 1.40 bits per heavy atom. The van der Waals surface area contributed by atoms with E-state index in [-0.39, 0.29) is 18.6 Å². The van der Waals surface area contributed by atoms with Crippen LogP contribution in [0.2, 0.25) is 5.15 Å². The number of halogens is 1. The van der Waals surface area contributed by atoms with Gasteiger partial charge in [-0.25, -0.2) is 4.98 Å². The van der Waals surface area contributed by atoms with E-state index in [1.165, 1.54) is 6.07 Å². The summed E-state index contributed by atoms with van der Waals surface area (Å²) < 4.78 is 5.19. The van der Waals surface area contributed by atoms with E-state index < -0.39 is 0 Å². The largest absolute Gasteiger partial charge is 0.475 e. The molecule has 0 atom stereocenters. The fourth-order valence-corrected chi connectivity index (χ4v) is 1.13. The number of ether oxygens (including phenoxy) is 1. The van der Waals surface area contributed by atoms with Gasteiger partial charge >= 0.3 is 0 Å². The summed E-state index contributed by atoms with van der Waals surface area (Å²) in [5.41, 5.74) is -0.178. The van der Waals surface area contributed by atoms with Gasteiger partial charge in [0.1, 0.15) is 17.6 Å². The Morgan fingerprint density at radius 3 is 2.60 bits per heavy atom. The molecule has 1 heterocycles. The van der Waals surface area contributed by atoms with Crippen molar-refractivity contribution in [3.63, 3.8) is 0 Å². The molecule has 0 spiro atoms. The smallest absolute Gasteiger partial charge is 0.218 e. The first-order chi connectivity index (χ1) is 6.93. The predicted molar refractivity (Wildman–Crippen MR) is 58.3 cm³/mol. The fraction of sp³-hybridized carbons (Fsp3) is 0.600. The van der Waals surface area contributed by atoms with E-state index >= 15 is 0 Å². The van der Waals surface area contributed by atoms with Crippen molar-refractivity contribution in [2.24, 2.45) is 0 Å². The van der Waals surface area contributed by atoms with Gasteiger partial charge in [-0.1, -0.05) is 32.4 Å². The normalized spacial score (nSPS) is 11.5. The standard InChI is InChI=1S/C10H15ClN2O2/c1-10(2,3)9-12-7(11)6-8(13-9)15-5-4-14/h6,14H,4-5H2,1-3H3. The molecule has 0 unspecified atom stereocenters. The van der Waals surface area contributed by atoms with Gasteiger partial charge in [-0.3, -0.25) is 0 Å². The summed E-state index contributed by atoms with van der Waals surface area (Å²) in [5.74, 6) is 1.02.